The molecule has 0 unspecified atom stereocenters. The van der Waals surface area contributed by atoms with Crippen LogP contribution in [0.5, 0.6) is 0 Å². The molecule has 30 heavy (non-hydrogen) atoms. The van der Waals surface area contributed by atoms with Crippen molar-refractivity contribution in [1.29, 1.82) is 0 Å². The molecular formula is C24H35NO5. The van der Waals surface area contributed by atoms with Crippen molar-refractivity contribution in [1.82, 2.24) is 4.90 Å². The highest BCUT2D eigenvalue weighted by Gasteiger charge is 2.39. The van der Waals surface area contributed by atoms with Crippen LogP contribution in [0, 0.1) is 0 Å². The van der Waals surface area contributed by atoms with Gasteiger partial charge in [-0.3, -0.25) is 9.59 Å². The number of hydrogen-bond acceptors (Lipinski definition) is 5. The average molecular weight is 418 g/mol. The first kappa shape index (κ1) is 25.4. The molecule has 0 atom stereocenters. The maximum Gasteiger partial charge on any atom is 0.331 e. The number of rotatable bonds is 14. The van der Waals surface area contributed by atoms with E-state index < -0.39 is 11.5 Å². The molecule has 1 amide bonds. The normalized spacial score (nSPS) is 10.9. The summed E-state index contributed by atoms with van der Waals surface area (Å²) in [6.45, 7) is 9.09. The standard InChI is InChI=1S/C24H35NO5/c1-5-7-8-9-13-16-21(26)29-19-17-25(22(27)20-14-11-10-12-15-20)24(3,4)23(28)30-18-6-2/h6,10-12,14-15H,2,5,7-9,13,16-19H2,1,3-4H3. The Morgan fingerprint density at radius 3 is 2.33 bits per heavy atom. The fourth-order valence-electron chi connectivity index (χ4n) is 2.99. The first-order chi connectivity index (χ1) is 14.3. The van der Waals surface area contributed by atoms with Crippen LogP contribution in [0.1, 0.15) is 69.7 Å². The molecule has 1 rings (SSSR count). The van der Waals surface area contributed by atoms with Gasteiger partial charge in [-0.1, -0.05) is 63.5 Å². The van der Waals surface area contributed by atoms with Crippen molar-refractivity contribution in [2.45, 2.75) is 64.8 Å². The van der Waals surface area contributed by atoms with Gasteiger partial charge >= 0.3 is 11.9 Å². The smallest absolute Gasteiger partial charge is 0.331 e. The van der Waals surface area contributed by atoms with Gasteiger partial charge in [-0.15, -0.1) is 0 Å². The van der Waals surface area contributed by atoms with Gasteiger partial charge in [0, 0.05) is 12.0 Å². The number of hydrogen-bond donors (Lipinski definition) is 0. The number of ether oxygens (including phenoxy) is 2. The minimum Gasteiger partial charge on any atom is -0.464 e. The summed E-state index contributed by atoms with van der Waals surface area (Å²) < 4.78 is 10.5. The van der Waals surface area contributed by atoms with Gasteiger partial charge in [0.05, 0.1) is 6.54 Å². The van der Waals surface area contributed by atoms with E-state index in [0.29, 0.717) is 12.0 Å². The zero-order chi connectivity index (χ0) is 22.4. The monoisotopic (exact) mass is 417 g/mol. The molecular weight excluding hydrogens is 382 g/mol. The summed E-state index contributed by atoms with van der Waals surface area (Å²) in [5.41, 5.74) is -0.785. The summed E-state index contributed by atoms with van der Waals surface area (Å²) in [6, 6.07) is 8.69. The first-order valence-electron chi connectivity index (χ1n) is 10.6. The molecule has 0 aromatic heterocycles. The first-order valence-corrected chi connectivity index (χ1v) is 10.6. The lowest BCUT2D eigenvalue weighted by Gasteiger charge is -2.36. The lowest BCUT2D eigenvalue weighted by Crippen LogP contribution is -2.55. The summed E-state index contributed by atoms with van der Waals surface area (Å²) in [4.78, 5) is 39.0. The average Bonchev–Trinajstić information content (AvgIpc) is 2.74. The predicted octanol–water partition coefficient (Wildman–Crippen LogP) is 4.54. The second-order valence-corrected chi connectivity index (χ2v) is 7.65. The van der Waals surface area contributed by atoms with Crippen LogP contribution in [0.25, 0.3) is 0 Å². The van der Waals surface area contributed by atoms with Gasteiger partial charge in [0.25, 0.3) is 5.91 Å². The van der Waals surface area contributed by atoms with Gasteiger partial charge in [0.2, 0.25) is 0 Å². The molecule has 0 aliphatic heterocycles. The Balaban J connectivity index is 2.74. The van der Waals surface area contributed by atoms with Gasteiger partial charge < -0.3 is 14.4 Å². The number of esters is 2. The Hall–Kier alpha value is -2.63. The van der Waals surface area contributed by atoms with E-state index in [2.05, 4.69) is 13.5 Å². The van der Waals surface area contributed by atoms with Crippen LogP contribution in [-0.4, -0.2) is 48.0 Å². The fraction of sp³-hybridized carbons (Fsp3) is 0.542. The largest absolute Gasteiger partial charge is 0.464 e. The molecule has 0 N–H and O–H groups in total. The molecule has 166 valence electrons. The summed E-state index contributed by atoms with van der Waals surface area (Å²) in [7, 11) is 0. The minimum atomic E-state index is -1.23. The fourth-order valence-corrected chi connectivity index (χ4v) is 2.99. The minimum absolute atomic E-state index is 0.0184. The van der Waals surface area contributed by atoms with Gasteiger partial charge in [-0.2, -0.15) is 0 Å². The highest BCUT2D eigenvalue weighted by Crippen LogP contribution is 2.20. The van der Waals surface area contributed by atoms with Crippen molar-refractivity contribution in [3.63, 3.8) is 0 Å². The van der Waals surface area contributed by atoms with E-state index in [-0.39, 0.29) is 31.6 Å². The molecule has 6 nitrogen and oxygen atoms in total. The molecule has 1 aromatic carbocycles. The molecule has 0 saturated heterocycles. The van der Waals surface area contributed by atoms with Crippen molar-refractivity contribution in [3.8, 4) is 0 Å². The molecule has 0 aliphatic rings. The van der Waals surface area contributed by atoms with E-state index in [9.17, 15) is 14.4 Å². The van der Waals surface area contributed by atoms with Gasteiger partial charge in [0.15, 0.2) is 0 Å². The zero-order valence-electron chi connectivity index (χ0n) is 18.5. The highest BCUT2D eigenvalue weighted by molar-refractivity contribution is 5.98. The molecule has 0 heterocycles. The van der Waals surface area contributed by atoms with Crippen molar-refractivity contribution in [2.24, 2.45) is 0 Å². The topological polar surface area (TPSA) is 72.9 Å². The molecule has 1 aromatic rings. The third kappa shape index (κ3) is 8.39. The van der Waals surface area contributed by atoms with Crippen LogP contribution in [-0.2, 0) is 19.1 Å². The summed E-state index contributed by atoms with van der Waals surface area (Å²) in [6.07, 6.45) is 7.07. The van der Waals surface area contributed by atoms with Crippen molar-refractivity contribution in [3.05, 3.63) is 48.6 Å². The highest BCUT2D eigenvalue weighted by atomic mass is 16.5. The van der Waals surface area contributed by atoms with E-state index in [1.165, 1.54) is 17.4 Å². The number of carbonyl (C=O) groups is 3. The predicted molar refractivity (Wildman–Crippen MR) is 117 cm³/mol. The SMILES string of the molecule is C=CCOC(=O)C(C)(C)N(CCOC(=O)CCCCCCC)C(=O)c1ccccc1. The maximum atomic E-state index is 13.1. The third-order valence-electron chi connectivity index (χ3n) is 4.83. The zero-order valence-corrected chi connectivity index (χ0v) is 18.5. The second-order valence-electron chi connectivity index (χ2n) is 7.65. The maximum absolute atomic E-state index is 13.1. The van der Waals surface area contributed by atoms with Crippen molar-refractivity contribution in [2.75, 3.05) is 19.8 Å². The Morgan fingerprint density at radius 1 is 1.03 bits per heavy atom. The molecule has 0 aliphatic carbocycles. The summed E-state index contributed by atoms with van der Waals surface area (Å²) in [5, 5.41) is 0. The molecule has 0 spiro atoms. The van der Waals surface area contributed by atoms with E-state index in [1.54, 1.807) is 38.1 Å². The van der Waals surface area contributed by atoms with Crippen LogP contribution >= 0.6 is 0 Å². The number of carbonyl (C=O) groups excluding carboxylic acids is 3. The number of benzene rings is 1. The Morgan fingerprint density at radius 2 is 1.70 bits per heavy atom. The Bertz CT molecular complexity index is 684. The third-order valence-corrected chi connectivity index (χ3v) is 4.83. The Labute approximate surface area is 180 Å². The number of nitrogens with zero attached hydrogens (tertiary/aromatic N) is 1. The lowest BCUT2D eigenvalue weighted by molar-refractivity contribution is -0.154. The van der Waals surface area contributed by atoms with Crippen LogP contribution in [0.15, 0.2) is 43.0 Å². The summed E-state index contributed by atoms with van der Waals surface area (Å²) >= 11 is 0. The van der Waals surface area contributed by atoms with Gasteiger partial charge in [0.1, 0.15) is 18.8 Å². The molecule has 0 saturated carbocycles. The van der Waals surface area contributed by atoms with Crippen LogP contribution < -0.4 is 0 Å². The quantitative estimate of drug-likeness (QED) is 0.252. The van der Waals surface area contributed by atoms with E-state index >= 15 is 0 Å². The molecule has 6 heteroatoms. The van der Waals surface area contributed by atoms with Crippen LogP contribution in [0.4, 0.5) is 0 Å². The molecule has 0 radical (unpaired) electrons. The molecule has 0 fully saturated rings. The van der Waals surface area contributed by atoms with Gasteiger partial charge in [-0.05, 0) is 32.4 Å². The number of amides is 1. The van der Waals surface area contributed by atoms with E-state index in [1.807, 2.05) is 6.07 Å². The number of unbranched alkanes of at least 4 members (excludes halogenated alkanes) is 4. The van der Waals surface area contributed by atoms with E-state index in [0.717, 1.165) is 25.7 Å². The van der Waals surface area contributed by atoms with Crippen LogP contribution in [0.3, 0.4) is 0 Å². The van der Waals surface area contributed by atoms with Crippen molar-refractivity contribution >= 4 is 17.8 Å². The summed E-state index contributed by atoms with van der Waals surface area (Å²) in [5.74, 6) is -1.16. The second kappa shape index (κ2) is 13.6. The van der Waals surface area contributed by atoms with E-state index in [4.69, 9.17) is 9.47 Å². The lowest BCUT2D eigenvalue weighted by atomic mass is 10.0. The van der Waals surface area contributed by atoms with Gasteiger partial charge in [-0.25, -0.2) is 4.79 Å². The van der Waals surface area contributed by atoms with Crippen LogP contribution in [0.2, 0.25) is 0 Å². The Kier molecular flexibility index (Phi) is 11.5. The van der Waals surface area contributed by atoms with Crippen molar-refractivity contribution < 1.29 is 23.9 Å². The molecule has 0 bridgehead atoms.